The molecule has 1 aromatic carbocycles. The number of halogens is 3. The van der Waals surface area contributed by atoms with Crippen molar-refractivity contribution in [1.29, 1.82) is 0 Å². The normalized spacial score (nSPS) is 20.3. The van der Waals surface area contributed by atoms with Gasteiger partial charge in [0.2, 0.25) is 0 Å². The molecule has 1 aliphatic rings. The molecule has 2 rings (SSSR count). The van der Waals surface area contributed by atoms with Crippen LogP contribution in [0.3, 0.4) is 0 Å². The maximum absolute atomic E-state index is 13.5. The van der Waals surface area contributed by atoms with Crippen molar-refractivity contribution >= 4 is 39.8 Å². The van der Waals surface area contributed by atoms with E-state index >= 15 is 0 Å². The maximum atomic E-state index is 13.5. The number of rotatable bonds is 3. The van der Waals surface area contributed by atoms with E-state index < -0.39 is 21.5 Å². The third-order valence-electron chi connectivity index (χ3n) is 3.25. The molecule has 1 atom stereocenters. The van der Waals surface area contributed by atoms with E-state index in [9.17, 15) is 17.2 Å². The van der Waals surface area contributed by atoms with Gasteiger partial charge in [-0.2, -0.15) is 0 Å². The minimum Gasteiger partial charge on any atom is -0.353 e. The lowest BCUT2D eigenvalue weighted by molar-refractivity contribution is 0.579. The molecule has 0 aliphatic carbocycles. The second-order valence-corrected chi connectivity index (χ2v) is 7.13. The van der Waals surface area contributed by atoms with Gasteiger partial charge in [-0.1, -0.05) is 0 Å². The fourth-order valence-corrected chi connectivity index (χ4v) is 3.83. The standard InChI is InChI=1S/C13H17F2N3O2S.HI/c1-16-13(18-11-4-5-21(19,20)8-11)17-7-9-6-10(14)2-3-12(9)15;/h2-3,6,11H,4-5,7-8H2,1H3,(H2,16,17,18);1H. The van der Waals surface area contributed by atoms with Crippen LogP contribution in [0.2, 0.25) is 0 Å². The molecular formula is C13H18F2IN3O2S. The first-order valence-electron chi connectivity index (χ1n) is 6.51. The van der Waals surface area contributed by atoms with Gasteiger partial charge in [0.25, 0.3) is 0 Å². The highest BCUT2D eigenvalue weighted by atomic mass is 127. The smallest absolute Gasteiger partial charge is 0.191 e. The van der Waals surface area contributed by atoms with E-state index in [-0.39, 0.29) is 53.6 Å². The Labute approximate surface area is 145 Å². The highest BCUT2D eigenvalue weighted by Gasteiger charge is 2.28. The lowest BCUT2D eigenvalue weighted by atomic mass is 10.2. The lowest BCUT2D eigenvalue weighted by Crippen LogP contribution is -2.43. The Kier molecular flexibility index (Phi) is 6.98. The summed E-state index contributed by atoms with van der Waals surface area (Å²) in [5.41, 5.74) is 0.178. The molecule has 5 nitrogen and oxygen atoms in total. The van der Waals surface area contributed by atoms with E-state index in [0.29, 0.717) is 12.4 Å². The Hall–Kier alpha value is -0.970. The second kappa shape index (κ2) is 8.04. The molecule has 2 N–H and O–H groups in total. The SMILES string of the molecule is CN=C(NCc1cc(F)ccc1F)NC1CCS(=O)(=O)C1.I. The van der Waals surface area contributed by atoms with Crippen molar-refractivity contribution < 1.29 is 17.2 Å². The van der Waals surface area contributed by atoms with Gasteiger partial charge in [-0.25, -0.2) is 17.2 Å². The highest BCUT2D eigenvalue weighted by Crippen LogP contribution is 2.11. The predicted octanol–water partition coefficient (Wildman–Crippen LogP) is 1.43. The van der Waals surface area contributed by atoms with E-state index in [4.69, 9.17) is 0 Å². The van der Waals surface area contributed by atoms with E-state index in [1.54, 1.807) is 0 Å². The average Bonchev–Trinajstić information content (AvgIpc) is 2.77. The summed E-state index contributed by atoms with van der Waals surface area (Å²) in [6.45, 7) is 0.0583. The van der Waals surface area contributed by atoms with Gasteiger partial charge in [-0.15, -0.1) is 24.0 Å². The molecule has 22 heavy (non-hydrogen) atoms. The number of aliphatic imine (C=N–C) groups is 1. The molecule has 9 heteroatoms. The Morgan fingerprint density at radius 3 is 2.73 bits per heavy atom. The molecule has 0 amide bonds. The Balaban J connectivity index is 0.00000242. The third-order valence-corrected chi connectivity index (χ3v) is 5.02. The van der Waals surface area contributed by atoms with Crippen molar-refractivity contribution in [2.75, 3.05) is 18.6 Å². The molecule has 0 aromatic heterocycles. The highest BCUT2D eigenvalue weighted by molar-refractivity contribution is 14.0. The Morgan fingerprint density at radius 1 is 1.41 bits per heavy atom. The largest absolute Gasteiger partial charge is 0.353 e. The van der Waals surface area contributed by atoms with Crippen LogP contribution >= 0.6 is 24.0 Å². The molecule has 1 heterocycles. The van der Waals surface area contributed by atoms with E-state index in [2.05, 4.69) is 15.6 Å². The zero-order valence-corrected chi connectivity index (χ0v) is 15.1. The molecule has 1 unspecified atom stereocenters. The molecule has 1 aromatic rings. The number of hydrogen-bond donors (Lipinski definition) is 2. The van der Waals surface area contributed by atoms with Gasteiger partial charge in [0, 0.05) is 25.2 Å². The summed E-state index contributed by atoms with van der Waals surface area (Å²) < 4.78 is 49.3. The van der Waals surface area contributed by atoms with Gasteiger partial charge in [0.1, 0.15) is 11.6 Å². The van der Waals surface area contributed by atoms with Gasteiger partial charge in [-0.05, 0) is 24.6 Å². The van der Waals surface area contributed by atoms with Gasteiger partial charge in [0.05, 0.1) is 11.5 Å². The van der Waals surface area contributed by atoms with Gasteiger partial charge in [0.15, 0.2) is 15.8 Å². The van der Waals surface area contributed by atoms with Crippen LogP contribution < -0.4 is 10.6 Å². The quantitative estimate of drug-likeness (QED) is 0.420. The number of benzene rings is 1. The van der Waals surface area contributed by atoms with E-state index in [1.807, 2.05) is 0 Å². The van der Waals surface area contributed by atoms with Crippen molar-refractivity contribution in [2.24, 2.45) is 4.99 Å². The summed E-state index contributed by atoms with van der Waals surface area (Å²) in [7, 11) is -1.46. The first-order valence-corrected chi connectivity index (χ1v) is 8.33. The van der Waals surface area contributed by atoms with Crippen LogP contribution in [0.5, 0.6) is 0 Å². The summed E-state index contributed by atoms with van der Waals surface area (Å²) >= 11 is 0. The van der Waals surface area contributed by atoms with Crippen LogP contribution in [0.1, 0.15) is 12.0 Å². The topological polar surface area (TPSA) is 70.6 Å². The monoisotopic (exact) mass is 445 g/mol. The summed E-state index contributed by atoms with van der Waals surface area (Å²) in [5, 5.41) is 5.81. The molecule has 0 bridgehead atoms. The second-order valence-electron chi connectivity index (χ2n) is 4.91. The Morgan fingerprint density at radius 2 is 2.14 bits per heavy atom. The first kappa shape index (κ1) is 19.1. The van der Waals surface area contributed by atoms with Gasteiger partial charge in [-0.3, -0.25) is 4.99 Å². The number of nitrogens with one attached hydrogen (secondary N) is 2. The van der Waals surface area contributed by atoms with Crippen LogP contribution in [0.15, 0.2) is 23.2 Å². The summed E-state index contributed by atoms with van der Waals surface area (Å²) in [5.74, 6) is -0.455. The van der Waals surface area contributed by atoms with Crippen molar-refractivity contribution in [3.63, 3.8) is 0 Å². The zero-order chi connectivity index (χ0) is 15.5. The van der Waals surface area contributed by atoms with Crippen molar-refractivity contribution in [3.05, 3.63) is 35.4 Å². The minimum atomic E-state index is -2.98. The number of nitrogens with zero attached hydrogens (tertiary/aromatic N) is 1. The van der Waals surface area contributed by atoms with Gasteiger partial charge < -0.3 is 10.6 Å². The minimum absolute atomic E-state index is 0. The van der Waals surface area contributed by atoms with Crippen molar-refractivity contribution in [3.8, 4) is 0 Å². The summed E-state index contributed by atoms with van der Waals surface area (Å²) in [6.07, 6.45) is 0.511. The molecular weight excluding hydrogens is 427 g/mol. The van der Waals surface area contributed by atoms with Gasteiger partial charge >= 0.3 is 0 Å². The van der Waals surface area contributed by atoms with E-state index in [0.717, 1.165) is 18.2 Å². The molecule has 1 aliphatic heterocycles. The molecule has 0 saturated carbocycles. The summed E-state index contributed by atoms with van der Waals surface area (Å²) in [4.78, 5) is 3.95. The van der Waals surface area contributed by atoms with Crippen LogP contribution in [0, 0.1) is 11.6 Å². The fourth-order valence-electron chi connectivity index (χ4n) is 2.15. The van der Waals surface area contributed by atoms with Crippen LogP contribution in [0.25, 0.3) is 0 Å². The summed E-state index contributed by atoms with van der Waals surface area (Å²) in [6, 6.07) is 3.01. The molecule has 124 valence electrons. The zero-order valence-electron chi connectivity index (χ0n) is 12.0. The third kappa shape index (κ3) is 5.34. The lowest BCUT2D eigenvalue weighted by Gasteiger charge is -2.16. The van der Waals surface area contributed by atoms with Crippen LogP contribution in [0.4, 0.5) is 8.78 Å². The number of sulfone groups is 1. The maximum Gasteiger partial charge on any atom is 0.191 e. The van der Waals surface area contributed by atoms with Crippen molar-refractivity contribution in [1.82, 2.24) is 10.6 Å². The van der Waals surface area contributed by atoms with Crippen molar-refractivity contribution in [2.45, 2.75) is 19.0 Å². The Bertz CT molecular complexity index is 653. The predicted molar refractivity (Wildman–Crippen MR) is 92.2 cm³/mol. The van der Waals surface area contributed by atoms with Crippen LogP contribution in [-0.4, -0.2) is 39.0 Å². The molecule has 1 saturated heterocycles. The van der Waals surface area contributed by atoms with E-state index in [1.165, 1.54) is 7.05 Å². The first-order chi connectivity index (χ1) is 9.89. The number of guanidine groups is 1. The molecule has 0 radical (unpaired) electrons. The average molecular weight is 445 g/mol. The number of hydrogen-bond acceptors (Lipinski definition) is 3. The molecule has 1 fully saturated rings. The fraction of sp³-hybridized carbons (Fsp3) is 0.462. The molecule has 0 spiro atoms. The van der Waals surface area contributed by atoms with Crippen LogP contribution in [-0.2, 0) is 16.4 Å².